The van der Waals surface area contributed by atoms with Gasteiger partial charge in [-0.3, -0.25) is 0 Å². The van der Waals surface area contributed by atoms with E-state index in [1.54, 1.807) is 28.4 Å². The number of hydrogen-bond acceptors (Lipinski definition) is 8. The van der Waals surface area contributed by atoms with Crippen molar-refractivity contribution in [3.8, 4) is 34.5 Å². The van der Waals surface area contributed by atoms with E-state index in [1.165, 1.54) is 0 Å². The molecule has 3 rings (SSSR count). The molecule has 0 aliphatic rings. The highest BCUT2D eigenvalue weighted by atomic mass is 16.5. The molecule has 0 unspecified atom stereocenters. The molecule has 4 N–H and O–H groups in total. The molecule has 37 heavy (non-hydrogen) atoms. The van der Waals surface area contributed by atoms with Crippen molar-refractivity contribution < 1.29 is 28.4 Å². The zero-order valence-electron chi connectivity index (χ0n) is 22.2. The smallest absolute Gasteiger partial charge is 0.203 e. The average molecular weight is 511 g/mol. The van der Waals surface area contributed by atoms with Gasteiger partial charge in [-0.1, -0.05) is 24.3 Å². The molecule has 8 heteroatoms. The van der Waals surface area contributed by atoms with Gasteiger partial charge >= 0.3 is 0 Å². The Hall–Kier alpha value is -3.62. The Morgan fingerprint density at radius 1 is 0.541 bits per heavy atom. The first kappa shape index (κ1) is 28.0. The van der Waals surface area contributed by atoms with E-state index in [9.17, 15) is 0 Å². The molecule has 0 saturated heterocycles. The van der Waals surface area contributed by atoms with Crippen molar-refractivity contribution in [3.63, 3.8) is 0 Å². The molecule has 0 aliphatic heterocycles. The van der Waals surface area contributed by atoms with Crippen LogP contribution in [0.4, 0.5) is 0 Å². The Kier molecular flexibility index (Phi) is 10.7. The zero-order chi connectivity index (χ0) is 26.6. The summed E-state index contributed by atoms with van der Waals surface area (Å²) in [6.07, 6.45) is 2.16. The lowest BCUT2D eigenvalue weighted by atomic mass is 10.1. The summed E-state index contributed by atoms with van der Waals surface area (Å²) in [6.45, 7) is 1.92. The van der Waals surface area contributed by atoms with Crippen LogP contribution in [0.25, 0.3) is 0 Å². The molecule has 0 amide bonds. The quantitative estimate of drug-likeness (QED) is 0.317. The van der Waals surface area contributed by atoms with Gasteiger partial charge in [0.25, 0.3) is 0 Å². The molecule has 0 atom stereocenters. The van der Waals surface area contributed by atoms with Crippen LogP contribution in [0.1, 0.15) is 22.3 Å². The third-order valence-corrected chi connectivity index (χ3v) is 5.91. The predicted molar refractivity (Wildman–Crippen MR) is 145 cm³/mol. The Morgan fingerprint density at radius 2 is 1.08 bits per heavy atom. The van der Waals surface area contributed by atoms with Gasteiger partial charge in [0.1, 0.15) is 6.61 Å². The van der Waals surface area contributed by atoms with E-state index < -0.39 is 0 Å². The summed E-state index contributed by atoms with van der Waals surface area (Å²) in [5.74, 6) is 3.65. The normalized spacial score (nSPS) is 10.6. The molecule has 8 nitrogen and oxygen atoms in total. The summed E-state index contributed by atoms with van der Waals surface area (Å²) < 4.78 is 34.4. The maximum absolute atomic E-state index is 6.14. The number of benzene rings is 3. The Labute approximate surface area is 219 Å². The highest BCUT2D eigenvalue weighted by Gasteiger charge is 2.16. The van der Waals surface area contributed by atoms with E-state index in [0.717, 1.165) is 35.1 Å². The number of rotatable bonds is 15. The fourth-order valence-corrected chi connectivity index (χ4v) is 4.10. The third-order valence-electron chi connectivity index (χ3n) is 5.91. The van der Waals surface area contributed by atoms with Gasteiger partial charge in [-0.05, 0) is 72.5 Å². The molecular formula is C29H38N2O6. The third kappa shape index (κ3) is 7.44. The molecule has 0 heterocycles. The van der Waals surface area contributed by atoms with Crippen molar-refractivity contribution in [2.45, 2.75) is 25.9 Å². The summed E-state index contributed by atoms with van der Waals surface area (Å²) in [6, 6.07) is 16.0. The van der Waals surface area contributed by atoms with Crippen LogP contribution in [0.2, 0.25) is 0 Å². The highest BCUT2D eigenvalue weighted by molar-refractivity contribution is 5.55. The van der Waals surface area contributed by atoms with Gasteiger partial charge in [0.2, 0.25) is 11.5 Å². The molecule has 200 valence electrons. The van der Waals surface area contributed by atoms with E-state index in [0.29, 0.717) is 67.2 Å². The molecule has 0 bridgehead atoms. The summed E-state index contributed by atoms with van der Waals surface area (Å²) in [5, 5.41) is 0. The first-order valence-corrected chi connectivity index (χ1v) is 12.3. The van der Waals surface area contributed by atoms with Crippen molar-refractivity contribution in [3.05, 3.63) is 70.8 Å². The minimum Gasteiger partial charge on any atom is -0.493 e. The van der Waals surface area contributed by atoms with Crippen LogP contribution in [0.3, 0.4) is 0 Å². The summed E-state index contributed by atoms with van der Waals surface area (Å²) in [5.41, 5.74) is 15.7. The molecule has 0 saturated carbocycles. The first-order chi connectivity index (χ1) is 18.1. The van der Waals surface area contributed by atoms with Crippen LogP contribution >= 0.6 is 0 Å². The lowest BCUT2D eigenvalue weighted by Gasteiger charge is -2.17. The van der Waals surface area contributed by atoms with Gasteiger partial charge in [0.15, 0.2) is 23.0 Å². The SMILES string of the molecule is COc1cc(CCN)cc(OCCc2cccc(COc3c(OC)cc(CCN)cc3OC)c2)c1OC. The van der Waals surface area contributed by atoms with Crippen LogP contribution < -0.4 is 39.9 Å². The second-order valence-corrected chi connectivity index (χ2v) is 8.44. The van der Waals surface area contributed by atoms with Gasteiger partial charge in [-0.2, -0.15) is 0 Å². The zero-order valence-corrected chi connectivity index (χ0v) is 22.2. The molecular weight excluding hydrogens is 472 g/mol. The van der Waals surface area contributed by atoms with Crippen LogP contribution in [0, 0.1) is 0 Å². The van der Waals surface area contributed by atoms with Gasteiger partial charge in [-0.25, -0.2) is 0 Å². The predicted octanol–water partition coefficient (Wildman–Crippen LogP) is 3.92. The number of hydrogen-bond donors (Lipinski definition) is 2. The van der Waals surface area contributed by atoms with Crippen LogP contribution in [0.5, 0.6) is 34.5 Å². The molecule has 0 fully saturated rings. The lowest BCUT2D eigenvalue weighted by molar-refractivity contribution is 0.265. The van der Waals surface area contributed by atoms with Crippen LogP contribution in [-0.4, -0.2) is 48.1 Å². The molecule has 0 aliphatic carbocycles. The minimum atomic E-state index is 0.365. The number of methoxy groups -OCH3 is 4. The van der Waals surface area contributed by atoms with Crippen LogP contribution in [0.15, 0.2) is 48.5 Å². The molecule has 0 radical (unpaired) electrons. The standard InChI is InChI=1S/C29H38N2O6/c1-32-24-15-22(9-12-31)18-27(28(24)35-4)36-13-10-20-6-5-7-23(14-20)19-37-29-25(33-2)16-21(8-11-30)17-26(29)34-3/h5-7,14-18H,8-13,19,30-31H2,1-4H3. The molecule has 3 aromatic rings. The van der Waals surface area contributed by atoms with E-state index in [1.807, 2.05) is 36.4 Å². The second kappa shape index (κ2) is 14.2. The average Bonchev–Trinajstić information content (AvgIpc) is 2.92. The van der Waals surface area contributed by atoms with Crippen molar-refractivity contribution in [1.82, 2.24) is 0 Å². The number of ether oxygens (including phenoxy) is 6. The minimum absolute atomic E-state index is 0.365. The van der Waals surface area contributed by atoms with Crippen molar-refractivity contribution in [2.24, 2.45) is 11.5 Å². The van der Waals surface area contributed by atoms with E-state index >= 15 is 0 Å². The molecule has 0 spiro atoms. The maximum atomic E-state index is 6.14. The molecule has 0 aromatic heterocycles. The summed E-state index contributed by atoms with van der Waals surface area (Å²) in [4.78, 5) is 0. The topological polar surface area (TPSA) is 107 Å². The Morgan fingerprint density at radius 3 is 1.62 bits per heavy atom. The fourth-order valence-electron chi connectivity index (χ4n) is 4.10. The van der Waals surface area contributed by atoms with Gasteiger partial charge in [0, 0.05) is 6.42 Å². The monoisotopic (exact) mass is 510 g/mol. The van der Waals surface area contributed by atoms with Crippen LogP contribution in [-0.2, 0) is 25.9 Å². The first-order valence-electron chi connectivity index (χ1n) is 12.3. The van der Waals surface area contributed by atoms with Gasteiger partial charge in [0.05, 0.1) is 35.0 Å². The van der Waals surface area contributed by atoms with Gasteiger partial charge in [-0.15, -0.1) is 0 Å². The maximum Gasteiger partial charge on any atom is 0.203 e. The van der Waals surface area contributed by atoms with Gasteiger partial charge < -0.3 is 39.9 Å². The van der Waals surface area contributed by atoms with Crippen molar-refractivity contribution in [1.29, 1.82) is 0 Å². The van der Waals surface area contributed by atoms with E-state index in [4.69, 9.17) is 39.9 Å². The fraction of sp³-hybridized carbons (Fsp3) is 0.379. The van der Waals surface area contributed by atoms with E-state index in [-0.39, 0.29) is 0 Å². The lowest BCUT2D eigenvalue weighted by Crippen LogP contribution is -2.07. The second-order valence-electron chi connectivity index (χ2n) is 8.44. The largest absolute Gasteiger partial charge is 0.493 e. The van der Waals surface area contributed by atoms with Crippen molar-refractivity contribution in [2.75, 3.05) is 48.1 Å². The van der Waals surface area contributed by atoms with E-state index in [2.05, 4.69) is 12.1 Å². The molecule has 3 aromatic carbocycles. The summed E-state index contributed by atoms with van der Waals surface area (Å²) in [7, 11) is 6.45. The summed E-state index contributed by atoms with van der Waals surface area (Å²) >= 11 is 0. The Balaban J connectivity index is 1.67. The Bertz CT molecular complexity index is 1130. The van der Waals surface area contributed by atoms with Crippen molar-refractivity contribution >= 4 is 0 Å². The number of nitrogens with two attached hydrogens (primary N) is 2. The highest BCUT2D eigenvalue weighted by Crippen LogP contribution is 2.40.